The molecule has 1 atom stereocenters. The van der Waals surface area contributed by atoms with Crippen molar-refractivity contribution in [3.05, 3.63) is 0 Å². The van der Waals surface area contributed by atoms with Crippen molar-refractivity contribution in [1.29, 1.82) is 0 Å². The molecule has 13 heavy (non-hydrogen) atoms. The maximum absolute atomic E-state index is 11.0. The summed E-state index contributed by atoms with van der Waals surface area (Å²) in [6.45, 7) is 3.44. The molecule has 0 aliphatic carbocycles. The Morgan fingerprint density at radius 2 is 2.00 bits per heavy atom. The Labute approximate surface area is 90.1 Å². The maximum Gasteiger partial charge on any atom is 0.345 e. The molecule has 0 aromatic heterocycles. The fraction of sp³-hybridized carbons (Fsp3) is 0.714. The molecule has 6 heteroatoms. The molecule has 0 amide bonds. The van der Waals surface area contributed by atoms with Gasteiger partial charge in [0, 0.05) is 0 Å². The Hall–Kier alpha value is -0.370. The lowest BCUT2D eigenvalue weighted by Gasteiger charge is -2.15. The molecule has 0 aromatic carbocycles. The molecule has 0 saturated carbocycles. The van der Waals surface area contributed by atoms with E-state index in [1.165, 1.54) is 23.0 Å². The van der Waals surface area contributed by atoms with E-state index >= 15 is 0 Å². The number of halogens is 1. The molecule has 1 N–H and O–H groups in total. The normalized spacial score (nSPS) is 12.6. The van der Waals surface area contributed by atoms with Crippen LogP contribution in [0.15, 0.2) is 0 Å². The summed E-state index contributed by atoms with van der Waals surface area (Å²) in [4.78, 5) is 21.3. The number of aliphatic carboxylic acids is 1. The van der Waals surface area contributed by atoms with Gasteiger partial charge in [0.05, 0.1) is 12.5 Å². The molecule has 0 bridgehead atoms. The molecule has 76 valence electrons. The van der Waals surface area contributed by atoms with Crippen LogP contribution in [0, 0.1) is 0 Å². The Kier molecular flexibility index (Phi) is 5.97. The molecule has 0 aromatic rings. The topological polar surface area (TPSA) is 72.8 Å². The van der Waals surface area contributed by atoms with Gasteiger partial charge in [0.15, 0.2) is 29.1 Å². The third-order valence-corrected chi connectivity index (χ3v) is 1.57. The van der Waals surface area contributed by atoms with E-state index in [1.807, 2.05) is 0 Å². The molecule has 0 rings (SSSR count). The predicted molar refractivity (Wildman–Crippen MR) is 52.4 cm³/mol. The zero-order valence-corrected chi connectivity index (χ0v) is 9.48. The first-order valence-corrected chi connectivity index (χ1v) is 4.55. The number of carbonyl (C=O) groups excluding carboxylic acids is 1. The molecule has 0 radical (unpaired) electrons. The van der Waals surface area contributed by atoms with Crippen molar-refractivity contribution in [3.8, 4) is 0 Å². The number of ether oxygens (including phenoxy) is 1. The van der Waals surface area contributed by atoms with Crippen molar-refractivity contribution in [2.75, 3.05) is 0 Å². The average Bonchev–Trinajstić information content (AvgIpc) is 2.00. The second kappa shape index (κ2) is 6.14. The molecule has 5 nitrogen and oxygen atoms in total. The number of carbonyl (C=O) groups is 2. The van der Waals surface area contributed by atoms with Crippen LogP contribution >= 0.6 is 23.0 Å². The van der Waals surface area contributed by atoms with Gasteiger partial charge in [0.25, 0.3) is 0 Å². The van der Waals surface area contributed by atoms with Crippen molar-refractivity contribution in [2.45, 2.75) is 32.5 Å². The summed E-state index contributed by atoms with van der Waals surface area (Å²) < 4.78 is 9.41. The van der Waals surface area contributed by atoms with Gasteiger partial charge >= 0.3 is 11.9 Å². The Morgan fingerprint density at radius 1 is 1.46 bits per heavy atom. The highest BCUT2D eigenvalue weighted by atomic mass is 127. The number of hydrogen-bond donors (Lipinski definition) is 1. The van der Waals surface area contributed by atoms with E-state index in [1.54, 1.807) is 13.8 Å². The highest BCUT2D eigenvalue weighted by molar-refractivity contribution is 14.1. The van der Waals surface area contributed by atoms with Crippen molar-refractivity contribution < 1.29 is 22.5 Å². The van der Waals surface area contributed by atoms with Gasteiger partial charge < -0.3 is 12.9 Å². The molecule has 0 spiro atoms. The van der Waals surface area contributed by atoms with E-state index in [0.717, 1.165) is 0 Å². The van der Waals surface area contributed by atoms with Crippen LogP contribution in [0.3, 0.4) is 0 Å². The van der Waals surface area contributed by atoms with Gasteiger partial charge in [-0.2, -0.15) is 0 Å². The van der Waals surface area contributed by atoms with E-state index in [2.05, 4.69) is 3.07 Å². The summed E-state index contributed by atoms with van der Waals surface area (Å²) in [6, 6.07) is 0. The van der Waals surface area contributed by atoms with Gasteiger partial charge in [-0.3, -0.25) is 4.79 Å². The molecule has 0 saturated heterocycles. The summed E-state index contributed by atoms with van der Waals surface area (Å²) in [6.07, 6.45) is -1.60. The molecule has 0 heterocycles. The van der Waals surface area contributed by atoms with Gasteiger partial charge in [0.1, 0.15) is 0 Å². The number of carboxylic acids is 1. The molecular weight excluding hydrogens is 291 g/mol. The number of carboxylic acid groups (broad SMARTS) is 1. The van der Waals surface area contributed by atoms with Crippen LogP contribution in [0.1, 0.15) is 20.3 Å². The smallest absolute Gasteiger partial charge is 0.345 e. The van der Waals surface area contributed by atoms with Crippen molar-refractivity contribution in [1.82, 2.24) is 0 Å². The third kappa shape index (κ3) is 5.81. The van der Waals surface area contributed by atoms with Crippen LogP contribution in [-0.2, 0) is 17.4 Å². The Morgan fingerprint density at radius 3 is 2.31 bits per heavy atom. The molecule has 0 aliphatic rings. The quantitative estimate of drug-likeness (QED) is 0.771. The summed E-state index contributed by atoms with van der Waals surface area (Å²) in [5.74, 6) is -1.76. The van der Waals surface area contributed by atoms with Crippen LogP contribution in [0.2, 0.25) is 0 Å². The summed E-state index contributed by atoms with van der Waals surface area (Å²) in [5.41, 5.74) is 0. The molecular formula is C7H11IO5. The van der Waals surface area contributed by atoms with Gasteiger partial charge in [0.2, 0.25) is 0 Å². The minimum Gasteiger partial charge on any atom is -0.481 e. The molecule has 1 unspecified atom stereocenters. The van der Waals surface area contributed by atoms with Gasteiger partial charge in [-0.1, -0.05) is 0 Å². The van der Waals surface area contributed by atoms with E-state index in [0.29, 0.717) is 0 Å². The first-order chi connectivity index (χ1) is 5.97. The molecule has 0 fully saturated rings. The summed E-state index contributed by atoms with van der Waals surface area (Å²) in [5, 5.41) is 8.45. The lowest BCUT2D eigenvalue weighted by molar-refractivity contribution is -0.155. The first kappa shape index (κ1) is 12.6. The largest absolute Gasteiger partial charge is 0.481 e. The van der Waals surface area contributed by atoms with Crippen molar-refractivity contribution >= 4 is 34.9 Å². The Balaban J connectivity index is 4.18. The standard InChI is InChI=1S/C7H11IO5/c1-4(2)12-5(3-6(9)10)7(11)13-8/h4-5H,3H2,1-2H3,(H,9,10). The zero-order chi connectivity index (χ0) is 10.4. The van der Waals surface area contributed by atoms with E-state index in [4.69, 9.17) is 9.84 Å². The lowest BCUT2D eigenvalue weighted by Crippen LogP contribution is -2.29. The van der Waals surface area contributed by atoms with Crippen molar-refractivity contribution in [3.63, 3.8) is 0 Å². The van der Waals surface area contributed by atoms with E-state index < -0.39 is 18.0 Å². The monoisotopic (exact) mass is 302 g/mol. The van der Waals surface area contributed by atoms with Crippen LogP contribution in [0.5, 0.6) is 0 Å². The number of rotatable bonds is 5. The first-order valence-electron chi connectivity index (χ1n) is 3.67. The minimum absolute atomic E-state index is 0.208. The Bertz CT molecular complexity index is 191. The van der Waals surface area contributed by atoms with Gasteiger partial charge in [-0.15, -0.1) is 0 Å². The fourth-order valence-electron chi connectivity index (χ4n) is 0.724. The number of hydrogen-bond acceptors (Lipinski definition) is 4. The summed E-state index contributed by atoms with van der Waals surface area (Å²) in [7, 11) is 0. The SMILES string of the molecule is CC(C)OC(CC(=O)O)C(=O)OI. The van der Waals surface area contributed by atoms with Crippen LogP contribution in [0.25, 0.3) is 0 Å². The second-order valence-electron chi connectivity index (χ2n) is 2.67. The van der Waals surface area contributed by atoms with Crippen LogP contribution in [0.4, 0.5) is 0 Å². The van der Waals surface area contributed by atoms with Gasteiger partial charge in [-0.05, 0) is 13.8 Å². The van der Waals surface area contributed by atoms with Crippen molar-refractivity contribution in [2.24, 2.45) is 0 Å². The zero-order valence-electron chi connectivity index (χ0n) is 7.32. The van der Waals surface area contributed by atoms with Crippen LogP contribution < -0.4 is 0 Å². The molecule has 0 aliphatic heterocycles. The highest BCUT2D eigenvalue weighted by Gasteiger charge is 2.24. The summed E-state index contributed by atoms with van der Waals surface area (Å²) >= 11 is 1.40. The second-order valence-corrected chi connectivity index (χ2v) is 3.11. The van der Waals surface area contributed by atoms with E-state index in [9.17, 15) is 9.59 Å². The predicted octanol–water partition coefficient (Wildman–Crippen LogP) is 1.15. The minimum atomic E-state index is -1.09. The average molecular weight is 302 g/mol. The highest BCUT2D eigenvalue weighted by Crippen LogP contribution is 2.07. The van der Waals surface area contributed by atoms with Gasteiger partial charge in [-0.25, -0.2) is 4.79 Å². The van der Waals surface area contributed by atoms with Crippen LogP contribution in [-0.4, -0.2) is 29.3 Å². The third-order valence-electron chi connectivity index (χ3n) is 1.14. The van der Waals surface area contributed by atoms with E-state index in [-0.39, 0.29) is 12.5 Å². The fourth-order valence-corrected chi connectivity index (χ4v) is 1.01. The maximum atomic E-state index is 11.0. The lowest BCUT2D eigenvalue weighted by atomic mass is 10.2.